The monoisotopic (exact) mass is 211 g/mol. The molecular formula is C10H17N3O2. The first kappa shape index (κ1) is 11.7. The first-order valence-corrected chi connectivity index (χ1v) is 4.90. The van der Waals surface area contributed by atoms with Crippen LogP contribution in [0.25, 0.3) is 0 Å². The van der Waals surface area contributed by atoms with Gasteiger partial charge in [-0.1, -0.05) is 0 Å². The van der Waals surface area contributed by atoms with Crippen LogP contribution in [0.3, 0.4) is 0 Å². The molecule has 0 aromatic carbocycles. The number of hydrogen-bond donors (Lipinski definition) is 1. The second-order valence-corrected chi connectivity index (χ2v) is 3.75. The van der Waals surface area contributed by atoms with Crippen molar-refractivity contribution in [1.82, 2.24) is 9.78 Å². The van der Waals surface area contributed by atoms with Gasteiger partial charge in [-0.25, -0.2) is 0 Å². The van der Waals surface area contributed by atoms with E-state index >= 15 is 0 Å². The summed E-state index contributed by atoms with van der Waals surface area (Å²) in [5.74, 6) is 0.323. The second kappa shape index (κ2) is 4.44. The summed E-state index contributed by atoms with van der Waals surface area (Å²) < 4.78 is 6.72. The molecule has 1 heterocycles. The number of aromatic nitrogens is 2. The Hall–Kier alpha value is -1.36. The Morgan fingerprint density at radius 1 is 1.53 bits per heavy atom. The number of carbonyl (C=O) groups excluding carboxylic acids is 1. The molecule has 2 N–H and O–H groups in total. The molecule has 1 aromatic heterocycles. The molecule has 15 heavy (non-hydrogen) atoms. The summed E-state index contributed by atoms with van der Waals surface area (Å²) in [6.45, 7) is 5.55. The van der Waals surface area contributed by atoms with Crippen LogP contribution < -0.4 is 10.5 Å². The summed E-state index contributed by atoms with van der Waals surface area (Å²) in [6, 6.07) is -0.445. The molecule has 0 radical (unpaired) electrons. The van der Waals surface area contributed by atoms with E-state index in [0.717, 1.165) is 0 Å². The third-order valence-electron chi connectivity index (χ3n) is 2.12. The van der Waals surface area contributed by atoms with Gasteiger partial charge in [0.2, 0.25) is 5.78 Å². The van der Waals surface area contributed by atoms with Crippen molar-refractivity contribution in [2.75, 3.05) is 7.11 Å². The van der Waals surface area contributed by atoms with Crippen molar-refractivity contribution in [2.24, 2.45) is 5.73 Å². The third-order valence-corrected chi connectivity index (χ3v) is 2.12. The lowest BCUT2D eigenvalue weighted by molar-refractivity contribution is 0.0952. The predicted molar refractivity (Wildman–Crippen MR) is 57.1 cm³/mol. The van der Waals surface area contributed by atoms with Crippen molar-refractivity contribution < 1.29 is 9.53 Å². The van der Waals surface area contributed by atoms with Crippen molar-refractivity contribution in [3.05, 3.63) is 11.9 Å². The Balaban J connectivity index is 3.22. The fourth-order valence-corrected chi connectivity index (χ4v) is 1.34. The van der Waals surface area contributed by atoms with E-state index in [2.05, 4.69) is 5.10 Å². The van der Waals surface area contributed by atoms with E-state index in [-0.39, 0.29) is 11.8 Å². The molecule has 1 aromatic rings. The van der Waals surface area contributed by atoms with Gasteiger partial charge in [-0.2, -0.15) is 5.10 Å². The maximum absolute atomic E-state index is 11.8. The van der Waals surface area contributed by atoms with Gasteiger partial charge >= 0.3 is 0 Å². The zero-order valence-corrected chi connectivity index (χ0v) is 9.52. The number of nitrogens with zero attached hydrogens (tertiary/aromatic N) is 2. The fourth-order valence-electron chi connectivity index (χ4n) is 1.34. The van der Waals surface area contributed by atoms with Gasteiger partial charge in [-0.15, -0.1) is 0 Å². The maximum atomic E-state index is 11.8. The summed E-state index contributed by atoms with van der Waals surface area (Å²) in [5.41, 5.74) is 6.02. The molecule has 5 nitrogen and oxygen atoms in total. The Labute approximate surface area is 89.2 Å². The molecule has 5 heteroatoms. The Morgan fingerprint density at radius 2 is 2.13 bits per heavy atom. The number of ketones is 1. The van der Waals surface area contributed by atoms with Crippen molar-refractivity contribution in [3.8, 4) is 5.75 Å². The van der Waals surface area contributed by atoms with Crippen molar-refractivity contribution >= 4 is 5.78 Å². The molecule has 0 aliphatic carbocycles. The average molecular weight is 211 g/mol. The molecule has 0 spiro atoms. The normalized spacial score (nSPS) is 12.9. The van der Waals surface area contributed by atoms with Gasteiger partial charge in [0.15, 0.2) is 5.75 Å². The molecule has 0 bridgehead atoms. The maximum Gasteiger partial charge on any atom is 0.201 e. The zero-order chi connectivity index (χ0) is 11.6. The van der Waals surface area contributed by atoms with E-state index in [0.29, 0.717) is 11.4 Å². The molecule has 84 valence electrons. The highest BCUT2D eigenvalue weighted by Crippen LogP contribution is 2.22. The SMILES string of the molecule is COc1cnn(C(C)C)c1C(=O)C(C)N. The van der Waals surface area contributed by atoms with Gasteiger partial charge in [-0.3, -0.25) is 9.48 Å². The lowest BCUT2D eigenvalue weighted by Crippen LogP contribution is -2.29. The summed E-state index contributed by atoms with van der Waals surface area (Å²) >= 11 is 0. The number of ether oxygens (including phenoxy) is 1. The molecule has 1 rings (SSSR count). The summed E-state index contributed by atoms with van der Waals surface area (Å²) in [7, 11) is 1.51. The molecule has 0 saturated heterocycles. The van der Waals surface area contributed by atoms with E-state index in [1.807, 2.05) is 13.8 Å². The fraction of sp³-hybridized carbons (Fsp3) is 0.600. The Morgan fingerprint density at radius 3 is 2.53 bits per heavy atom. The molecule has 0 amide bonds. The quantitative estimate of drug-likeness (QED) is 0.754. The predicted octanol–water partition coefficient (Wildman–Crippen LogP) is 1.00. The van der Waals surface area contributed by atoms with E-state index in [9.17, 15) is 4.79 Å². The average Bonchev–Trinajstić information content (AvgIpc) is 2.59. The first-order chi connectivity index (χ1) is 6.99. The molecule has 0 fully saturated rings. The minimum absolute atomic E-state index is 0.103. The van der Waals surface area contributed by atoms with Gasteiger partial charge in [0.05, 0.1) is 19.3 Å². The van der Waals surface area contributed by atoms with Crippen molar-refractivity contribution in [1.29, 1.82) is 0 Å². The standard InChI is InChI=1S/C10H17N3O2/c1-6(2)13-9(10(14)7(3)11)8(15-4)5-12-13/h5-7H,11H2,1-4H3. The highest BCUT2D eigenvalue weighted by molar-refractivity contribution is 6.00. The van der Waals surface area contributed by atoms with Gasteiger partial charge in [0, 0.05) is 6.04 Å². The number of rotatable bonds is 4. The van der Waals surface area contributed by atoms with Crippen LogP contribution in [0, 0.1) is 0 Å². The van der Waals surface area contributed by atoms with Crippen LogP contribution in [-0.4, -0.2) is 28.7 Å². The van der Waals surface area contributed by atoms with E-state index in [1.165, 1.54) is 13.3 Å². The lowest BCUT2D eigenvalue weighted by Gasteiger charge is -2.12. The van der Waals surface area contributed by atoms with Gasteiger partial charge < -0.3 is 10.5 Å². The minimum atomic E-state index is -0.548. The van der Waals surface area contributed by atoms with Gasteiger partial charge in [0.25, 0.3) is 0 Å². The van der Waals surface area contributed by atoms with Gasteiger partial charge in [0.1, 0.15) is 5.69 Å². The van der Waals surface area contributed by atoms with E-state index in [4.69, 9.17) is 10.5 Å². The second-order valence-electron chi connectivity index (χ2n) is 3.75. The highest BCUT2D eigenvalue weighted by atomic mass is 16.5. The lowest BCUT2D eigenvalue weighted by atomic mass is 10.1. The Kier molecular flexibility index (Phi) is 3.47. The van der Waals surface area contributed by atoms with Crippen LogP contribution in [-0.2, 0) is 0 Å². The van der Waals surface area contributed by atoms with Crippen LogP contribution in [0.5, 0.6) is 5.75 Å². The van der Waals surface area contributed by atoms with Crippen LogP contribution >= 0.6 is 0 Å². The van der Waals surface area contributed by atoms with Crippen molar-refractivity contribution in [3.63, 3.8) is 0 Å². The smallest absolute Gasteiger partial charge is 0.201 e. The first-order valence-electron chi connectivity index (χ1n) is 4.90. The minimum Gasteiger partial charge on any atom is -0.493 e. The van der Waals surface area contributed by atoms with Crippen LogP contribution in [0.2, 0.25) is 0 Å². The number of carbonyl (C=O) groups is 1. The zero-order valence-electron chi connectivity index (χ0n) is 9.52. The Bertz CT molecular complexity index is 356. The molecule has 1 atom stereocenters. The number of methoxy groups -OCH3 is 1. The number of nitrogens with two attached hydrogens (primary N) is 1. The van der Waals surface area contributed by atoms with Crippen molar-refractivity contribution in [2.45, 2.75) is 32.9 Å². The van der Waals surface area contributed by atoms with E-state index in [1.54, 1.807) is 11.6 Å². The largest absolute Gasteiger partial charge is 0.493 e. The summed E-state index contributed by atoms with van der Waals surface area (Å²) in [6.07, 6.45) is 1.54. The van der Waals surface area contributed by atoms with E-state index < -0.39 is 6.04 Å². The molecule has 1 unspecified atom stereocenters. The summed E-state index contributed by atoms with van der Waals surface area (Å²) in [5, 5.41) is 4.11. The van der Waals surface area contributed by atoms with Gasteiger partial charge in [-0.05, 0) is 20.8 Å². The highest BCUT2D eigenvalue weighted by Gasteiger charge is 2.23. The van der Waals surface area contributed by atoms with Crippen LogP contribution in [0.4, 0.5) is 0 Å². The van der Waals surface area contributed by atoms with Crippen LogP contribution in [0.15, 0.2) is 6.20 Å². The number of hydrogen-bond acceptors (Lipinski definition) is 4. The number of Topliss-reactive ketones (excluding diaryl/α,β-unsaturated/α-hetero) is 1. The molecule has 0 aliphatic rings. The molecular weight excluding hydrogens is 194 g/mol. The topological polar surface area (TPSA) is 70.1 Å². The molecule has 0 aliphatic heterocycles. The third kappa shape index (κ3) is 2.18. The molecule has 0 saturated carbocycles. The van der Waals surface area contributed by atoms with Crippen LogP contribution in [0.1, 0.15) is 37.3 Å². The summed E-state index contributed by atoms with van der Waals surface area (Å²) in [4.78, 5) is 11.8.